The van der Waals surface area contributed by atoms with Crippen LogP contribution >= 0.6 is 0 Å². The molecule has 1 N–H and O–H groups in total. The molecule has 0 aliphatic carbocycles. The average molecular weight is 274 g/mol. The number of rotatable bonds is 4. The maximum atomic E-state index is 12.0. The van der Waals surface area contributed by atoms with Crippen molar-refractivity contribution in [2.75, 3.05) is 14.2 Å². The molecule has 1 aromatic rings. The number of esters is 1. The number of hydrogen-bond donors (Lipinski definition) is 1. The first-order chi connectivity index (χ1) is 9.54. The van der Waals surface area contributed by atoms with E-state index in [2.05, 4.69) is 10.1 Å². The summed E-state index contributed by atoms with van der Waals surface area (Å²) >= 11 is 0. The maximum Gasteiger partial charge on any atom is 0.332 e. The van der Waals surface area contributed by atoms with Gasteiger partial charge in [-0.1, -0.05) is 30.3 Å². The minimum atomic E-state index is -0.439. The zero-order valence-corrected chi connectivity index (χ0v) is 11.8. The number of benzene rings is 1. The van der Waals surface area contributed by atoms with Gasteiger partial charge in [-0.25, -0.2) is 4.79 Å². The van der Waals surface area contributed by atoms with Crippen molar-refractivity contribution in [3.05, 3.63) is 47.7 Å². The highest BCUT2D eigenvalue weighted by Gasteiger charge is 2.45. The van der Waals surface area contributed by atoms with Crippen LogP contribution in [0.25, 0.3) is 0 Å². The lowest BCUT2D eigenvalue weighted by Gasteiger charge is -2.45. The molecule has 1 aliphatic rings. The van der Waals surface area contributed by atoms with Gasteiger partial charge >= 0.3 is 5.97 Å². The molecule has 1 saturated heterocycles. The highest BCUT2D eigenvalue weighted by atomic mass is 16.5. The van der Waals surface area contributed by atoms with Crippen LogP contribution in [0.2, 0.25) is 0 Å². The molecule has 2 rings (SSSR count). The zero-order valence-electron chi connectivity index (χ0n) is 11.8. The second-order valence-corrected chi connectivity index (χ2v) is 4.78. The minimum absolute atomic E-state index is 0.0106. The normalized spacial score (nSPS) is 22.2. The van der Waals surface area contributed by atoms with Crippen molar-refractivity contribution < 1.29 is 14.3 Å². The third-order valence-corrected chi connectivity index (χ3v) is 3.41. The Balaban J connectivity index is 2.12. The summed E-state index contributed by atoms with van der Waals surface area (Å²) in [5.74, 6) is -0.428. The van der Waals surface area contributed by atoms with E-state index in [1.807, 2.05) is 30.3 Å². The van der Waals surface area contributed by atoms with Crippen LogP contribution in [-0.2, 0) is 14.3 Å². The molecule has 0 radical (unpaired) electrons. The molecular weight excluding hydrogens is 256 g/mol. The van der Waals surface area contributed by atoms with Crippen molar-refractivity contribution in [1.29, 1.82) is 0 Å². The summed E-state index contributed by atoms with van der Waals surface area (Å²) in [7, 11) is 3.10. The number of likely N-dealkylation sites (tertiary alicyclic amines) is 1. The van der Waals surface area contributed by atoms with Crippen molar-refractivity contribution in [2.45, 2.75) is 19.0 Å². The molecule has 1 aromatic carbocycles. The number of β-lactam (4-membered cyclic amide) rings is 1. The second-order valence-electron chi connectivity index (χ2n) is 4.78. The zero-order chi connectivity index (χ0) is 14.7. The van der Waals surface area contributed by atoms with Crippen molar-refractivity contribution in [3.8, 4) is 0 Å². The summed E-state index contributed by atoms with van der Waals surface area (Å²) in [4.78, 5) is 24.8. The molecule has 0 bridgehead atoms. The Morgan fingerprint density at radius 2 is 2.00 bits per heavy atom. The van der Waals surface area contributed by atoms with Gasteiger partial charge in [0.25, 0.3) is 0 Å². The number of nitrogens with zero attached hydrogens (tertiary/aromatic N) is 1. The van der Waals surface area contributed by atoms with Crippen LogP contribution in [-0.4, -0.2) is 37.0 Å². The van der Waals surface area contributed by atoms with Crippen molar-refractivity contribution in [3.63, 3.8) is 0 Å². The molecule has 1 aliphatic heterocycles. The lowest BCUT2D eigenvalue weighted by Crippen LogP contribution is -2.62. The number of methoxy groups -OCH3 is 1. The quantitative estimate of drug-likeness (QED) is 0.510. The predicted molar refractivity (Wildman–Crippen MR) is 74.6 cm³/mol. The molecule has 0 saturated carbocycles. The smallest absolute Gasteiger partial charge is 0.332 e. The topological polar surface area (TPSA) is 58.6 Å². The number of amides is 1. The molecule has 5 nitrogen and oxygen atoms in total. The number of likely N-dealkylation sites (N-methyl/N-ethyl adjacent to an activating group) is 1. The van der Waals surface area contributed by atoms with Gasteiger partial charge in [0.15, 0.2) is 0 Å². The van der Waals surface area contributed by atoms with Crippen molar-refractivity contribution >= 4 is 11.9 Å². The first kappa shape index (κ1) is 14.1. The Kier molecular flexibility index (Phi) is 4.08. The van der Waals surface area contributed by atoms with E-state index in [0.29, 0.717) is 5.70 Å². The molecule has 106 valence electrons. The molecule has 2 atom stereocenters. The molecule has 0 unspecified atom stereocenters. The molecule has 5 heteroatoms. The summed E-state index contributed by atoms with van der Waals surface area (Å²) in [6, 6.07) is 9.44. The van der Waals surface area contributed by atoms with Gasteiger partial charge in [-0.05, 0) is 12.5 Å². The Hall–Kier alpha value is -2.30. The Labute approximate surface area is 118 Å². The third kappa shape index (κ3) is 2.66. The molecule has 1 fully saturated rings. The van der Waals surface area contributed by atoms with Gasteiger partial charge in [0.2, 0.25) is 5.91 Å². The van der Waals surface area contributed by atoms with Gasteiger partial charge < -0.3 is 15.0 Å². The lowest BCUT2D eigenvalue weighted by molar-refractivity contribution is -0.148. The Morgan fingerprint density at radius 3 is 2.60 bits per heavy atom. The van der Waals surface area contributed by atoms with E-state index >= 15 is 0 Å². The first-order valence-corrected chi connectivity index (χ1v) is 6.39. The molecular formula is C15H18N2O3. The standard InChI is InChI=1S/C15H18N2O3/c1-10(9-12(18)20-3)16-13-14(17(2)15(13)19)11-7-5-4-6-8-11/h4-9,13-14,16H,1-3H3/t13-,14+/m1/s1. The fourth-order valence-electron chi connectivity index (χ4n) is 2.36. The lowest BCUT2D eigenvalue weighted by atomic mass is 9.89. The molecule has 1 heterocycles. The van der Waals surface area contributed by atoms with Crippen molar-refractivity contribution in [2.24, 2.45) is 0 Å². The first-order valence-electron chi connectivity index (χ1n) is 6.39. The summed E-state index contributed by atoms with van der Waals surface area (Å²) in [6.45, 7) is 1.74. The fraction of sp³-hybridized carbons (Fsp3) is 0.333. The number of carbonyl (C=O) groups is 2. The third-order valence-electron chi connectivity index (χ3n) is 3.41. The summed E-state index contributed by atoms with van der Waals surface area (Å²) in [5, 5.41) is 3.08. The van der Waals surface area contributed by atoms with E-state index in [4.69, 9.17) is 0 Å². The van der Waals surface area contributed by atoms with Crippen LogP contribution in [0.1, 0.15) is 18.5 Å². The van der Waals surface area contributed by atoms with Gasteiger partial charge in [0.1, 0.15) is 6.04 Å². The highest BCUT2D eigenvalue weighted by Crippen LogP contribution is 2.33. The van der Waals surface area contributed by atoms with Crippen LogP contribution < -0.4 is 5.32 Å². The van der Waals surface area contributed by atoms with Gasteiger partial charge in [0.05, 0.1) is 13.2 Å². The van der Waals surface area contributed by atoms with Crippen LogP contribution in [0.3, 0.4) is 0 Å². The molecule has 1 amide bonds. The van der Waals surface area contributed by atoms with E-state index in [1.165, 1.54) is 13.2 Å². The molecule has 20 heavy (non-hydrogen) atoms. The van der Waals surface area contributed by atoms with E-state index < -0.39 is 5.97 Å². The fourth-order valence-corrected chi connectivity index (χ4v) is 2.36. The summed E-state index contributed by atoms with van der Waals surface area (Å²) < 4.78 is 4.56. The average Bonchev–Trinajstić information content (AvgIpc) is 2.47. The van der Waals surface area contributed by atoms with Gasteiger partial charge in [-0.2, -0.15) is 0 Å². The predicted octanol–water partition coefficient (Wildman–Crippen LogP) is 1.23. The number of hydrogen-bond acceptors (Lipinski definition) is 4. The van der Waals surface area contributed by atoms with E-state index in [-0.39, 0.29) is 18.0 Å². The van der Waals surface area contributed by atoms with Crippen LogP contribution in [0.4, 0.5) is 0 Å². The van der Waals surface area contributed by atoms with E-state index in [0.717, 1.165) is 5.56 Å². The summed E-state index contributed by atoms with van der Waals surface area (Å²) in [6.07, 6.45) is 1.34. The van der Waals surface area contributed by atoms with Crippen LogP contribution in [0.15, 0.2) is 42.1 Å². The van der Waals surface area contributed by atoms with Gasteiger partial charge in [-0.15, -0.1) is 0 Å². The van der Waals surface area contributed by atoms with Gasteiger partial charge in [0, 0.05) is 18.8 Å². The number of nitrogens with one attached hydrogen (secondary N) is 1. The SMILES string of the molecule is COC(=O)C=C(C)N[C@H]1C(=O)N(C)[C@H]1c1ccccc1. The monoisotopic (exact) mass is 274 g/mol. The van der Waals surface area contributed by atoms with E-state index in [9.17, 15) is 9.59 Å². The minimum Gasteiger partial charge on any atom is -0.466 e. The largest absolute Gasteiger partial charge is 0.466 e. The van der Waals surface area contributed by atoms with Gasteiger partial charge in [-0.3, -0.25) is 4.79 Å². The molecule has 0 spiro atoms. The Bertz CT molecular complexity index is 539. The van der Waals surface area contributed by atoms with Crippen LogP contribution in [0.5, 0.6) is 0 Å². The Morgan fingerprint density at radius 1 is 1.35 bits per heavy atom. The summed E-state index contributed by atoms with van der Waals surface area (Å²) in [5.41, 5.74) is 1.68. The van der Waals surface area contributed by atoms with Crippen LogP contribution in [0, 0.1) is 0 Å². The second kappa shape index (κ2) is 5.77. The van der Waals surface area contributed by atoms with E-state index in [1.54, 1.807) is 18.9 Å². The number of allylic oxidation sites excluding steroid dienone is 1. The number of ether oxygens (including phenoxy) is 1. The van der Waals surface area contributed by atoms with Crippen molar-refractivity contribution in [1.82, 2.24) is 10.2 Å². The highest BCUT2D eigenvalue weighted by molar-refractivity contribution is 5.90. The number of carbonyl (C=O) groups excluding carboxylic acids is 2. The molecule has 0 aromatic heterocycles. The maximum absolute atomic E-state index is 12.0.